The first-order valence-corrected chi connectivity index (χ1v) is 8.00. The molecule has 1 amide bonds. The van der Waals surface area contributed by atoms with Crippen molar-refractivity contribution in [2.24, 2.45) is 5.41 Å². The number of ether oxygens (including phenoxy) is 2. The standard InChI is InChI=1S/C16H23N3O3/c1-2-21-11-16-6-3-9-22-14(16)5-8-19(10-16)15(20)13-4-7-17-12-18-13/h4,7,12,14H,2-3,5-6,8-11H2,1H3/t14-,16+/m1/s1. The Labute approximate surface area is 130 Å². The van der Waals surface area contributed by atoms with Gasteiger partial charge >= 0.3 is 0 Å². The Balaban J connectivity index is 1.76. The summed E-state index contributed by atoms with van der Waals surface area (Å²) in [6, 6.07) is 1.67. The summed E-state index contributed by atoms with van der Waals surface area (Å²) in [7, 11) is 0. The van der Waals surface area contributed by atoms with Crippen molar-refractivity contribution in [2.75, 3.05) is 32.9 Å². The second kappa shape index (κ2) is 6.71. The highest BCUT2D eigenvalue weighted by Crippen LogP contribution is 2.40. The van der Waals surface area contributed by atoms with Gasteiger partial charge in [-0.15, -0.1) is 0 Å². The van der Waals surface area contributed by atoms with Crippen LogP contribution in [0.1, 0.15) is 36.7 Å². The SMILES string of the molecule is CCOC[C@@]12CCCO[C@@H]1CCN(C(=O)c1ccncn1)C2. The summed E-state index contributed by atoms with van der Waals surface area (Å²) in [5.41, 5.74) is 0.381. The number of carbonyl (C=O) groups is 1. The van der Waals surface area contributed by atoms with Crippen molar-refractivity contribution >= 4 is 5.91 Å². The lowest BCUT2D eigenvalue weighted by Gasteiger charge is -2.50. The molecule has 0 bridgehead atoms. The van der Waals surface area contributed by atoms with Crippen LogP contribution in [0.25, 0.3) is 0 Å². The molecule has 1 aromatic heterocycles. The molecule has 0 aromatic carbocycles. The van der Waals surface area contributed by atoms with E-state index < -0.39 is 0 Å². The molecule has 22 heavy (non-hydrogen) atoms. The summed E-state index contributed by atoms with van der Waals surface area (Å²) < 4.78 is 11.7. The van der Waals surface area contributed by atoms with Crippen molar-refractivity contribution in [1.29, 1.82) is 0 Å². The molecule has 6 nitrogen and oxygen atoms in total. The van der Waals surface area contributed by atoms with E-state index in [4.69, 9.17) is 9.47 Å². The molecule has 2 atom stereocenters. The smallest absolute Gasteiger partial charge is 0.272 e. The Morgan fingerprint density at radius 3 is 3.27 bits per heavy atom. The summed E-state index contributed by atoms with van der Waals surface area (Å²) in [5.74, 6) is -0.0257. The lowest BCUT2D eigenvalue weighted by molar-refractivity contribution is -0.146. The van der Waals surface area contributed by atoms with Gasteiger partial charge in [0.05, 0.1) is 12.7 Å². The third kappa shape index (κ3) is 2.98. The van der Waals surface area contributed by atoms with Gasteiger partial charge in [-0.25, -0.2) is 9.97 Å². The summed E-state index contributed by atoms with van der Waals surface area (Å²) in [5, 5.41) is 0. The van der Waals surface area contributed by atoms with Crippen LogP contribution < -0.4 is 0 Å². The molecule has 2 aliphatic heterocycles. The summed E-state index contributed by atoms with van der Waals surface area (Å²) in [6.07, 6.45) is 6.16. The Bertz CT molecular complexity index is 511. The van der Waals surface area contributed by atoms with Gasteiger partial charge in [-0.2, -0.15) is 0 Å². The monoisotopic (exact) mass is 305 g/mol. The van der Waals surface area contributed by atoms with E-state index in [1.807, 2.05) is 11.8 Å². The number of rotatable bonds is 4. The Hall–Kier alpha value is -1.53. The average molecular weight is 305 g/mol. The van der Waals surface area contributed by atoms with Crippen molar-refractivity contribution in [3.8, 4) is 0 Å². The first kappa shape index (κ1) is 15.4. The van der Waals surface area contributed by atoms with Crippen LogP contribution in [-0.2, 0) is 9.47 Å². The van der Waals surface area contributed by atoms with Crippen LogP contribution in [0.2, 0.25) is 0 Å². The molecule has 3 rings (SSSR count). The highest BCUT2D eigenvalue weighted by atomic mass is 16.5. The minimum Gasteiger partial charge on any atom is -0.381 e. The van der Waals surface area contributed by atoms with Crippen LogP contribution in [0.3, 0.4) is 0 Å². The van der Waals surface area contributed by atoms with E-state index >= 15 is 0 Å². The molecule has 0 radical (unpaired) electrons. The summed E-state index contributed by atoms with van der Waals surface area (Å²) >= 11 is 0. The lowest BCUT2D eigenvalue weighted by atomic mass is 9.73. The number of likely N-dealkylation sites (tertiary alicyclic amines) is 1. The normalized spacial score (nSPS) is 28.2. The van der Waals surface area contributed by atoms with E-state index in [2.05, 4.69) is 9.97 Å². The second-order valence-corrected chi connectivity index (χ2v) is 6.07. The van der Waals surface area contributed by atoms with Gasteiger partial charge < -0.3 is 14.4 Å². The van der Waals surface area contributed by atoms with E-state index in [-0.39, 0.29) is 17.4 Å². The lowest BCUT2D eigenvalue weighted by Crippen LogP contribution is -2.58. The van der Waals surface area contributed by atoms with E-state index in [9.17, 15) is 4.79 Å². The molecule has 2 saturated heterocycles. The summed E-state index contributed by atoms with van der Waals surface area (Å²) in [6.45, 7) is 5.55. The van der Waals surface area contributed by atoms with Gasteiger partial charge in [-0.1, -0.05) is 0 Å². The highest BCUT2D eigenvalue weighted by molar-refractivity contribution is 5.92. The minimum absolute atomic E-state index is 0.0257. The molecule has 0 N–H and O–H groups in total. The quantitative estimate of drug-likeness (QED) is 0.844. The van der Waals surface area contributed by atoms with Crippen molar-refractivity contribution in [3.63, 3.8) is 0 Å². The molecule has 0 unspecified atom stereocenters. The maximum Gasteiger partial charge on any atom is 0.272 e. The van der Waals surface area contributed by atoms with Gasteiger partial charge in [-0.05, 0) is 32.3 Å². The number of hydrogen-bond acceptors (Lipinski definition) is 5. The van der Waals surface area contributed by atoms with Gasteiger partial charge in [-0.3, -0.25) is 4.79 Å². The molecule has 6 heteroatoms. The predicted molar refractivity (Wildman–Crippen MR) is 80.5 cm³/mol. The number of piperidine rings is 1. The van der Waals surface area contributed by atoms with Gasteiger partial charge in [0.25, 0.3) is 5.91 Å². The van der Waals surface area contributed by atoms with Gasteiger partial charge in [0, 0.05) is 37.9 Å². The third-order valence-electron chi connectivity index (χ3n) is 4.67. The topological polar surface area (TPSA) is 64.6 Å². The first-order chi connectivity index (χ1) is 10.7. The van der Waals surface area contributed by atoms with E-state index in [1.165, 1.54) is 6.33 Å². The van der Waals surface area contributed by atoms with Crippen LogP contribution >= 0.6 is 0 Å². The van der Waals surface area contributed by atoms with Gasteiger partial charge in [0.15, 0.2) is 0 Å². The Kier molecular flexibility index (Phi) is 4.69. The van der Waals surface area contributed by atoms with Crippen LogP contribution in [0.4, 0.5) is 0 Å². The fourth-order valence-corrected chi connectivity index (χ4v) is 3.56. The molecular weight excluding hydrogens is 282 g/mol. The summed E-state index contributed by atoms with van der Waals surface area (Å²) in [4.78, 5) is 22.5. The van der Waals surface area contributed by atoms with Crippen LogP contribution in [0, 0.1) is 5.41 Å². The number of fused-ring (bicyclic) bond motifs is 1. The molecule has 2 fully saturated rings. The molecule has 0 spiro atoms. The van der Waals surface area contributed by atoms with Crippen molar-refractivity contribution in [3.05, 3.63) is 24.3 Å². The van der Waals surface area contributed by atoms with Crippen LogP contribution in [-0.4, -0.2) is 59.8 Å². The van der Waals surface area contributed by atoms with Crippen LogP contribution in [0.5, 0.6) is 0 Å². The highest BCUT2D eigenvalue weighted by Gasteiger charge is 2.47. The first-order valence-electron chi connectivity index (χ1n) is 8.00. The van der Waals surface area contributed by atoms with Gasteiger partial charge in [0.1, 0.15) is 12.0 Å². The molecule has 1 aromatic rings. The predicted octanol–water partition coefficient (Wildman–Crippen LogP) is 1.52. The molecule has 3 heterocycles. The van der Waals surface area contributed by atoms with Crippen molar-refractivity contribution in [2.45, 2.75) is 32.3 Å². The van der Waals surface area contributed by atoms with E-state index in [0.29, 0.717) is 32.0 Å². The maximum atomic E-state index is 12.6. The molecular formula is C16H23N3O3. The zero-order valence-corrected chi connectivity index (χ0v) is 13.0. The number of amides is 1. The second-order valence-electron chi connectivity index (χ2n) is 6.07. The molecule has 0 saturated carbocycles. The fraction of sp³-hybridized carbons (Fsp3) is 0.688. The van der Waals surface area contributed by atoms with Gasteiger partial charge in [0.2, 0.25) is 0 Å². The van der Waals surface area contributed by atoms with Crippen LogP contribution in [0.15, 0.2) is 18.6 Å². The Morgan fingerprint density at radius 2 is 2.50 bits per heavy atom. The Morgan fingerprint density at radius 1 is 1.59 bits per heavy atom. The number of nitrogens with zero attached hydrogens (tertiary/aromatic N) is 3. The van der Waals surface area contributed by atoms with Crippen molar-refractivity contribution in [1.82, 2.24) is 14.9 Å². The number of hydrogen-bond donors (Lipinski definition) is 0. The van der Waals surface area contributed by atoms with E-state index in [1.54, 1.807) is 12.3 Å². The maximum absolute atomic E-state index is 12.6. The largest absolute Gasteiger partial charge is 0.381 e. The molecule has 2 aliphatic rings. The average Bonchev–Trinajstić information content (AvgIpc) is 2.59. The zero-order valence-electron chi connectivity index (χ0n) is 13.0. The molecule has 120 valence electrons. The molecule has 0 aliphatic carbocycles. The van der Waals surface area contributed by atoms with Crippen molar-refractivity contribution < 1.29 is 14.3 Å². The minimum atomic E-state index is -0.0742. The van der Waals surface area contributed by atoms with E-state index in [0.717, 1.165) is 25.9 Å². The zero-order chi connectivity index (χ0) is 15.4. The fourth-order valence-electron chi connectivity index (χ4n) is 3.56. The number of aromatic nitrogens is 2. The third-order valence-corrected chi connectivity index (χ3v) is 4.67. The number of carbonyl (C=O) groups excluding carboxylic acids is 1.